The van der Waals surface area contributed by atoms with Crippen LogP contribution in [0.4, 0.5) is 5.69 Å². The number of ether oxygens (including phenoxy) is 1. The maximum Gasteiger partial charge on any atom is 0.235 e. The second-order valence-corrected chi connectivity index (χ2v) is 6.03. The Bertz CT molecular complexity index is 550. The fourth-order valence-electron chi connectivity index (χ4n) is 1.77. The van der Waals surface area contributed by atoms with E-state index in [-0.39, 0.29) is 11.7 Å². The Morgan fingerprint density at radius 2 is 2.14 bits per heavy atom. The number of carbonyl (C=O) groups is 1. The first-order valence-corrected chi connectivity index (χ1v) is 7.84. The number of hydrogen-bond acceptors (Lipinski definition) is 4. The number of rotatable bonds is 6. The summed E-state index contributed by atoms with van der Waals surface area (Å²) >= 11 is 6.73. The molecule has 0 aliphatic heterocycles. The van der Waals surface area contributed by atoms with Gasteiger partial charge in [-0.2, -0.15) is 0 Å². The Labute approximate surface area is 140 Å². The van der Waals surface area contributed by atoms with Crippen molar-refractivity contribution >= 4 is 49.3 Å². The highest BCUT2D eigenvalue weighted by Gasteiger charge is 2.23. The minimum absolute atomic E-state index is 0.102. The number of nitrogens with zero attached hydrogens (tertiary/aromatic N) is 1. The molecule has 1 aromatic carbocycles. The molecular weight excluding hydrogens is 406 g/mol. The highest BCUT2D eigenvalue weighted by Crippen LogP contribution is 2.34. The predicted octanol–water partition coefficient (Wildman–Crippen LogP) is 3.32. The van der Waals surface area contributed by atoms with E-state index in [0.29, 0.717) is 22.3 Å². The topological polar surface area (TPSA) is 96.9 Å². The van der Waals surface area contributed by atoms with Crippen molar-refractivity contribution in [3.63, 3.8) is 0 Å². The maximum absolute atomic E-state index is 12.3. The first-order valence-electron chi connectivity index (χ1n) is 6.25. The summed E-state index contributed by atoms with van der Waals surface area (Å²) in [6, 6.07) is 3.45. The highest BCUT2D eigenvalue weighted by molar-refractivity contribution is 9.11. The van der Waals surface area contributed by atoms with Crippen molar-refractivity contribution in [1.82, 2.24) is 0 Å². The number of benzene rings is 1. The average Bonchev–Trinajstić information content (AvgIpc) is 2.46. The van der Waals surface area contributed by atoms with E-state index in [1.165, 1.54) is 7.11 Å². The van der Waals surface area contributed by atoms with Crippen LogP contribution in [0.15, 0.2) is 26.2 Å². The molecule has 6 nitrogen and oxygen atoms in total. The van der Waals surface area contributed by atoms with Gasteiger partial charge in [-0.1, -0.05) is 18.5 Å². The zero-order valence-electron chi connectivity index (χ0n) is 11.7. The third-order valence-corrected chi connectivity index (χ3v) is 4.14. The molecule has 0 fully saturated rings. The third-order valence-electron chi connectivity index (χ3n) is 2.87. The summed E-state index contributed by atoms with van der Waals surface area (Å²) in [4.78, 5) is 12.3. The summed E-state index contributed by atoms with van der Waals surface area (Å²) in [6.07, 6.45) is 1.23. The number of nitrogens with two attached hydrogens (primary N) is 1. The molecule has 1 aromatic rings. The third kappa shape index (κ3) is 4.60. The monoisotopic (exact) mass is 421 g/mol. The summed E-state index contributed by atoms with van der Waals surface area (Å²) in [5.74, 6) is -0.530. The van der Waals surface area contributed by atoms with Gasteiger partial charge in [0.25, 0.3) is 0 Å². The molecule has 1 unspecified atom stereocenters. The van der Waals surface area contributed by atoms with Gasteiger partial charge in [0.15, 0.2) is 5.84 Å². The zero-order chi connectivity index (χ0) is 16.0. The average molecular weight is 423 g/mol. The molecule has 21 heavy (non-hydrogen) atoms. The minimum Gasteiger partial charge on any atom is -0.495 e. The Balaban J connectivity index is 3.01. The van der Waals surface area contributed by atoms with Crippen LogP contribution in [0.5, 0.6) is 5.75 Å². The molecule has 0 saturated carbocycles. The Kier molecular flexibility index (Phi) is 6.97. The first-order chi connectivity index (χ1) is 9.94. The van der Waals surface area contributed by atoms with Gasteiger partial charge in [-0.15, -0.1) is 0 Å². The lowest BCUT2D eigenvalue weighted by molar-refractivity contribution is -0.118. The highest BCUT2D eigenvalue weighted by atomic mass is 79.9. The van der Waals surface area contributed by atoms with E-state index in [1.807, 2.05) is 6.92 Å². The van der Waals surface area contributed by atoms with Gasteiger partial charge in [-0.05, 0) is 44.3 Å². The van der Waals surface area contributed by atoms with Gasteiger partial charge in [-0.3, -0.25) is 4.79 Å². The Morgan fingerprint density at radius 1 is 1.48 bits per heavy atom. The molecular formula is C13H17Br2N3O3. The number of nitrogens with one attached hydrogen (secondary N) is 1. The van der Waals surface area contributed by atoms with Crippen LogP contribution < -0.4 is 15.8 Å². The number of halogens is 2. The van der Waals surface area contributed by atoms with Crippen molar-refractivity contribution in [2.45, 2.75) is 19.8 Å². The number of amides is 1. The standard InChI is InChI=1S/C13H17Br2N3O3/c1-3-4-7(12(16)18-20)13(19)17-10-6-11(21-2)9(15)5-8(10)14/h5-7,20H,3-4H2,1-2H3,(H2,16,18)(H,17,19). The van der Waals surface area contributed by atoms with Crippen molar-refractivity contribution in [1.29, 1.82) is 0 Å². The molecule has 1 amide bonds. The lowest BCUT2D eigenvalue weighted by atomic mass is 10.0. The molecule has 0 spiro atoms. The van der Waals surface area contributed by atoms with Crippen LogP contribution in [0.25, 0.3) is 0 Å². The molecule has 0 aliphatic rings. The van der Waals surface area contributed by atoms with Crippen molar-refractivity contribution in [3.8, 4) is 5.75 Å². The molecule has 0 heterocycles. The molecule has 0 saturated heterocycles. The quantitative estimate of drug-likeness (QED) is 0.283. The van der Waals surface area contributed by atoms with Gasteiger partial charge < -0.3 is 21.0 Å². The molecule has 1 atom stereocenters. The van der Waals surface area contributed by atoms with E-state index in [2.05, 4.69) is 42.3 Å². The molecule has 4 N–H and O–H groups in total. The fourth-order valence-corrected chi connectivity index (χ4v) is 3.03. The van der Waals surface area contributed by atoms with E-state index in [1.54, 1.807) is 12.1 Å². The Hall–Kier alpha value is -1.28. The van der Waals surface area contributed by atoms with Crippen molar-refractivity contribution in [3.05, 3.63) is 21.1 Å². The van der Waals surface area contributed by atoms with Gasteiger partial charge in [0.2, 0.25) is 5.91 Å². The van der Waals surface area contributed by atoms with Gasteiger partial charge in [0, 0.05) is 10.5 Å². The van der Waals surface area contributed by atoms with Crippen LogP contribution in [0.3, 0.4) is 0 Å². The van der Waals surface area contributed by atoms with Gasteiger partial charge in [0.05, 0.1) is 23.2 Å². The second kappa shape index (κ2) is 8.23. The van der Waals surface area contributed by atoms with Crippen molar-refractivity contribution < 1.29 is 14.7 Å². The van der Waals surface area contributed by atoms with E-state index >= 15 is 0 Å². The largest absolute Gasteiger partial charge is 0.495 e. The molecule has 0 aromatic heterocycles. The maximum atomic E-state index is 12.3. The van der Waals surface area contributed by atoms with E-state index < -0.39 is 5.92 Å². The van der Waals surface area contributed by atoms with Gasteiger partial charge in [-0.25, -0.2) is 0 Å². The zero-order valence-corrected chi connectivity index (χ0v) is 14.9. The van der Waals surface area contributed by atoms with Crippen LogP contribution in [0.1, 0.15) is 19.8 Å². The SMILES string of the molecule is CCCC(C(=O)Nc1cc(OC)c(Br)cc1Br)/C(N)=N/O. The molecule has 0 bridgehead atoms. The van der Waals surface area contributed by atoms with Crippen LogP contribution in [-0.2, 0) is 4.79 Å². The van der Waals surface area contributed by atoms with Crippen molar-refractivity contribution in [2.24, 2.45) is 16.8 Å². The first kappa shape index (κ1) is 17.8. The van der Waals surface area contributed by atoms with E-state index in [4.69, 9.17) is 15.7 Å². The van der Waals surface area contributed by atoms with Crippen LogP contribution in [0.2, 0.25) is 0 Å². The molecule has 0 aliphatic carbocycles. The van der Waals surface area contributed by atoms with Crippen LogP contribution in [-0.4, -0.2) is 24.1 Å². The normalized spacial score (nSPS) is 12.9. The number of methoxy groups -OCH3 is 1. The fraction of sp³-hybridized carbons (Fsp3) is 0.385. The van der Waals surface area contributed by atoms with E-state index in [0.717, 1.165) is 10.9 Å². The van der Waals surface area contributed by atoms with Crippen LogP contribution >= 0.6 is 31.9 Å². The lowest BCUT2D eigenvalue weighted by Gasteiger charge is -2.16. The van der Waals surface area contributed by atoms with E-state index in [9.17, 15) is 4.79 Å². The lowest BCUT2D eigenvalue weighted by Crippen LogP contribution is -2.34. The van der Waals surface area contributed by atoms with Gasteiger partial charge in [0.1, 0.15) is 5.75 Å². The summed E-state index contributed by atoms with van der Waals surface area (Å²) < 4.78 is 6.64. The van der Waals surface area contributed by atoms with Crippen molar-refractivity contribution in [2.75, 3.05) is 12.4 Å². The number of carbonyl (C=O) groups excluding carboxylic acids is 1. The number of anilines is 1. The summed E-state index contributed by atoms with van der Waals surface area (Å²) in [6.45, 7) is 1.92. The molecule has 1 rings (SSSR count). The van der Waals surface area contributed by atoms with Gasteiger partial charge >= 0.3 is 0 Å². The predicted molar refractivity (Wildman–Crippen MR) is 88.8 cm³/mol. The molecule has 116 valence electrons. The molecule has 0 radical (unpaired) electrons. The molecule has 8 heteroatoms. The number of amidine groups is 1. The van der Waals surface area contributed by atoms with Crippen LogP contribution in [0, 0.1) is 5.92 Å². The number of oxime groups is 1. The second-order valence-electron chi connectivity index (χ2n) is 4.32. The smallest absolute Gasteiger partial charge is 0.235 e. The summed E-state index contributed by atoms with van der Waals surface area (Å²) in [5.41, 5.74) is 6.12. The summed E-state index contributed by atoms with van der Waals surface area (Å²) in [5, 5.41) is 14.5. The number of hydrogen-bond donors (Lipinski definition) is 3. The minimum atomic E-state index is -0.679. The summed E-state index contributed by atoms with van der Waals surface area (Å²) in [7, 11) is 1.54. The Morgan fingerprint density at radius 3 is 2.67 bits per heavy atom.